The molecule has 0 atom stereocenters. The minimum Gasteiger partial charge on any atom is -0.466 e. The SMILES string of the molecule is CC.COC(=O)/C=C\c1ccccc1. The molecule has 14 heavy (non-hydrogen) atoms. The van der Waals surface area contributed by atoms with Crippen molar-refractivity contribution in [1.82, 2.24) is 0 Å². The standard InChI is InChI=1S/C10H10O2.C2H6/c1-12-10(11)8-7-9-5-3-2-4-6-9;1-2/h2-8H,1H3;1-2H3/b8-7-;. The van der Waals surface area contributed by atoms with E-state index in [0.717, 1.165) is 5.56 Å². The van der Waals surface area contributed by atoms with Crippen molar-refractivity contribution >= 4 is 12.0 Å². The third-order valence-corrected chi connectivity index (χ3v) is 1.41. The summed E-state index contributed by atoms with van der Waals surface area (Å²) >= 11 is 0. The van der Waals surface area contributed by atoms with Gasteiger partial charge in [-0.3, -0.25) is 0 Å². The van der Waals surface area contributed by atoms with Gasteiger partial charge in [-0.2, -0.15) is 0 Å². The molecule has 0 aliphatic carbocycles. The second-order valence-electron chi connectivity index (χ2n) is 2.27. The average Bonchev–Trinajstić information content (AvgIpc) is 2.30. The van der Waals surface area contributed by atoms with Gasteiger partial charge in [-0.05, 0) is 11.6 Å². The van der Waals surface area contributed by atoms with Crippen molar-refractivity contribution in [3.8, 4) is 0 Å². The highest BCUT2D eigenvalue weighted by molar-refractivity contribution is 5.86. The van der Waals surface area contributed by atoms with Crippen LogP contribution in [0.5, 0.6) is 0 Å². The first-order valence-corrected chi connectivity index (χ1v) is 4.64. The number of ether oxygens (including phenoxy) is 1. The van der Waals surface area contributed by atoms with E-state index in [1.807, 2.05) is 44.2 Å². The highest BCUT2D eigenvalue weighted by atomic mass is 16.5. The molecule has 0 spiro atoms. The number of esters is 1. The number of benzene rings is 1. The van der Waals surface area contributed by atoms with Gasteiger partial charge in [-0.15, -0.1) is 0 Å². The van der Waals surface area contributed by atoms with Crippen molar-refractivity contribution in [2.75, 3.05) is 7.11 Å². The minimum atomic E-state index is -0.334. The van der Waals surface area contributed by atoms with E-state index in [1.54, 1.807) is 6.08 Å². The fourth-order valence-corrected chi connectivity index (χ4v) is 0.796. The maximum absolute atomic E-state index is 10.7. The normalized spacial score (nSPS) is 9.07. The number of carbonyl (C=O) groups is 1. The van der Waals surface area contributed by atoms with Crippen LogP contribution >= 0.6 is 0 Å². The molecule has 0 saturated carbocycles. The van der Waals surface area contributed by atoms with E-state index in [0.29, 0.717) is 0 Å². The molecule has 0 radical (unpaired) electrons. The molecule has 0 saturated heterocycles. The van der Waals surface area contributed by atoms with E-state index in [4.69, 9.17) is 0 Å². The van der Waals surface area contributed by atoms with Gasteiger partial charge in [0.05, 0.1) is 7.11 Å². The van der Waals surface area contributed by atoms with Crippen molar-refractivity contribution in [1.29, 1.82) is 0 Å². The van der Waals surface area contributed by atoms with E-state index in [9.17, 15) is 4.79 Å². The molecule has 0 aromatic heterocycles. The number of carbonyl (C=O) groups excluding carboxylic acids is 1. The monoisotopic (exact) mass is 192 g/mol. The van der Waals surface area contributed by atoms with Gasteiger partial charge >= 0.3 is 5.97 Å². The maximum atomic E-state index is 10.7. The zero-order chi connectivity index (χ0) is 10.8. The molecule has 0 aliphatic heterocycles. The van der Waals surface area contributed by atoms with Crippen LogP contribution in [0.15, 0.2) is 36.4 Å². The quantitative estimate of drug-likeness (QED) is 0.532. The molecule has 0 amide bonds. The van der Waals surface area contributed by atoms with Gasteiger partial charge in [0.15, 0.2) is 0 Å². The van der Waals surface area contributed by atoms with Crippen LogP contribution < -0.4 is 0 Å². The third kappa shape index (κ3) is 5.14. The van der Waals surface area contributed by atoms with Crippen LogP contribution in [0.3, 0.4) is 0 Å². The van der Waals surface area contributed by atoms with E-state index < -0.39 is 0 Å². The number of methoxy groups -OCH3 is 1. The molecule has 2 nitrogen and oxygen atoms in total. The Morgan fingerprint density at radius 1 is 1.21 bits per heavy atom. The van der Waals surface area contributed by atoms with E-state index >= 15 is 0 Å². The Labute approximate surface area is 85.2 Å². The Hall–Kier alpha value is -1.57. The molecule has 0 aliphatic rings. The molecule has 0 fully saturated rings. The minimum absolute atomic E-state index is 0.334. The highest BCUT2D eigenvalue weighted by Crippen LogP contribution is 2.00. The Balaban J connectivity index is 0.000000791. The van der Waals surface area contributed by atoms with Crippen molar-refractivity contribution in [3.63, 3.8) is 0 Å². The van der Waals surface area contributed by atoms with E-state index in [1.165, 1.54) is 13.2 Å². The summed E-state index contributed by atoms with van der Waals surface area (Å²) in [7, 11) is 1.36. The summed E-state index contributed by atoms with van der Waals surface area (Å²) in [5.74, 6) is -0.334. The van der Waals surface area contributed by atoms with Gasteiger partial charge < -0.3 is 4.74 Å². The first-order chi connectivity index (χ1) is 6.83. The Morgan fingerprint density at radius 3 is 2.29 bits per heavy atom. The topological polar surface area (TPSA) is 26.3 Å². The summed E-state index contributed by atoms with van der Waals surface area (Å²) in [6.07, 6.45) is 3.11. The van der Waals surface area contributed by atoms with Crippen molar-refractivity contribution in [2.24, 2.45) is 0 Å². The Kier molecular flexibility index (Phi) is 7.15. The molecular formula is C12H16O2. The number of hydrogen-bond donors (Lipinski definition) is 0. The second kappa shape index (κ2) is 8.05. The summed E-state index contributed by atoms with van der Waals surface area (Å²) in [6, 6.07) is 9.59. The van der Waals surface area contributed by atoms with Gasteiger partial charge in [-0.25, -0.2) is 4.79 Å². The average molecular weight is 192 g/mol. The molecule has 1 aromatic rings. The highest BCUT2D eigenvalue weighted by Gasteiger charge is 1.89. The summed E-state index contributed by atoms with van der Waals surface area (Å²) in [4.78, 5) is 10.7. The van der Waals surface area contributed by atoms with Crippen LogP contribution in [0, 0.1) is 0 Å². The van der Waals surface area contributed by atoms with Crippen molar-refractivity contribution < 1.29 is 9.53 Å². The van der Waals surface area contributed by atoms with Crippen molar-refractivity contribution in [2.45, 2.75) is 13.8 Å². The molecule has 76 valence electrons. The van der Waals surface area contributed by atoms with Crippen LogP contribution in [0.25, 0.3) is 6.08 Å². The summed E-state index contributed by atoms with van der Waals surface area (Å²) < 4.78 is 4.45. The maximum Gasteiger partial charge on any atom is 0.330 e. The second-order valence-corrected chi connectivity index (χ2v) is 2.27. The molecule has 0 bridgehead atoms. The van der Waals surface area contributed by atoms with Crippen LogP contribution in [0.1, 0.15) is 19.4 Å². The van der Waals surface area contributed by atoms with Crippen LogP contribution in [-0.2, 0) is 9.53 Å². The van der Waals surface area contributed by atoms with Gasteiger partial charge in [0.25, 0.3) is 0 Å². The van der Waals surface area contributed by atoms with Crippen LogP contribution in [0.2, 0.25) is 0 Å². The smallest absolute Gasteiger partial charge is 0.330 e. The fourth-order valence-electron chi connectivity index (χ4n) is 0.796. The number of hydrogen-bond acceptors (Lipinski definition) is 2. The van der Waals surface area contributed by atoms with E-state index in [2.05, 4.69) is 4.74 Å². The summed E-state index contributed by atoms with van der Waals surface area (Å²) in [6.45, 7) is 4.00. The lowest BCUT2D eigenvalue weighted by Gasteiger charge is -1.91. The predicted molar refractivity (Wildman–Crippen MR) is 58.8 cm³/mol. The lowest BCUT2D eigenvalue weighted by Crippen LogP contribution is -1.92. The largest absolute Gasteiger partial charge is 0.466 e. The lowest BCUT2D eigenvalue weighted by atomic mass is 10.2. The zero-order valence-electron chi connectivity index (χ0n) is 8.86. The van der Waals surface area contributed by atoms with Crippen LogP contribution in [0.4, 0.5) is 0 Å². The Bertz CT molecular complexity index is 276. The summed E-state index contributed by atoms with van der Waals surface area (Å²) in [5.41, 5.74) is 0.989. The number of rotatable bonds is 2. The Morgan fingerprint density at radius 2 is 1.79 bits per heavy atom. The third-order valence-electron chi connectivity index (χ3n) is 1.41. The van der Waals surface area contributed by atoms with Gasteiger partial charge in [0.1, 0.15) is 0 Å². The molecule has 0 unspecified atom stereocenters. The molecular weight excluding hydrogens is 176 g/mol. The lowest BCUT2D eigenvalue weighted by molar-refractivity contribution is -0.134. The fraction of sp³-hybridized carbons (Fsp3) is 0.250. The first kappa shape index (κ1) is 12.4. The molecule has 1 rings (SSSR count). The molecule has 0 N–H and O–H groups in total. The van der Waals surface area contributed by atoms with Gasteiger partial charge in [0, 0.05) is 6.08 Å². The van der Waals surface area contributed by atoms with Gasteiger partial charge in [0.2, 0.25) is 0 Å². The van der Waals surface area contributed by atoms with E-state index in [-0.39, 0.29) is 5.97 Å². The zero-order valence-corrected chi connectivity index (χ0v) is 8.86. The summed E-state index contributed by atoms with van der Waals surface area (Å²) in [5, 5.41) is 0. The first-order valence-electron chi connectivity index (χ1n) is 4.64. The molecule has 2 heteroatoms. The van der Waals surface area contributed by atoms with Gasteiger partial charge in [-0.1, -0.05) is 44.2 Å². The predicted octanol–water partition coefficient (Wildman–Crippen LogP) is 2.90. The molecule has 1 aromatic carbocycles. The molecule has 0 heterocycles. The van der Waals surface area contributed by atoms with Crippen molar-refractivity contribution in [3.05, 3.63) is 42.0 Å². The van der Waals surface area contributed by atoms with Crippen LogP contribution in [-0.4, -0.2) is 13.1 Å².